The van der Waals surface area contributed by atoms with Gasteiger partial charge in [0.1, 0.15) is 0 Å². The van der Waals surface area contributed by atoms with Gasteiger partial charge in [0.25, 0.3) is 0 Å². The second-order valence-electron chi connectivity index (χ2n) is 4.98. The van der Waals surface area contributed by atoms with Gasteiger partial charge < -0.3 is 10.4 Å². The maximum atomic E-state index is 10.3. The zero-order chi connectivity index (χ0) is 13.5. The van der Waals surface area contributed by atoms with Gasteiger partial charge in [0.05, 0.1) is 6.10 Å². The van der Waals surface area contributed by atoms with Crippen LogP contribution in [0.1, 0.15) is 25.0 Å². The fraction of sp³-hybridized carbons (Fsp3) is 0.600. The Kier molecular flexibility index (Phi) is 6.17. The van der Waals surface area contributed by atoms with Crippen LogP contribution in [0.2, 0.25) is 0 Å². The second kappa shape index (κ2) is 7.90. The molecule has 1 aromatic rings. The summed E-state index contributed by atoms with van der Waals surface area (Å²) in [7, 11) is 0. The minimum Gasteiger partial charge on any atom is -0.387 e. The first kappa shape index (κ1) is 14.9. The Hall–Kier alpha value is -0.550. The lowest BCUT2D eigenvalue weighted by Crippen LogP contribution is -2.44. The number of thioether (sulfide) groups is 1. The number of aliphatic hydroxyl groups excluding tert-OH is 1. The molecule has 0 amide bonds. The minimum absolute atomic E-state index is 0.372. The van der Waals surface area contributed by atoms with Crippen molar-refractivity contribution >= 4 is 11.8 Å². The fourth-order valence-electron chi connectivity index (χ4n) is 2.25. The van der Waals surface area contributed by atoms with Gasteiger partial charge in [-0.3, -0.25) is 4.90 Å². The summed E-state index contributed by atoms with van der Waals surface area (Å²) >= 11 is 1.88. The first-order valence-corrected chi connectivity index (χ1v) is 8.12. The Labute approximate surface area is 120 Å². The number of nitrogens with zero attached hydrogens (tertiary/aromatic N) is 1. The van der Waals surface area contributed by atoms with E-state index in [1.807, 2.05) is 11.8 Å². The van der Waals surface area contributed by atoms with Gasteiger partial charge in [-0.05, 0) is 29.9 Å². The molecule has 4 heteroatoms. The van der Waals surface area contributed by atoms with Crippen LogP contribution >= 0.6 is 11.8 Å². The van der Waals surface area contributed by atoms with Crippen molar-refractivity contribution in [2.45, 2.75) is 24.3 Å². The molecule has 1 saturated heterocycles. The van der Waals surface area contributed by atoms with E-state index >= 15 is 0 Å². The number of nitrogens with one attached hydrogen (secondary N) is 1. The Morgan fingerprint density at radius 2 is 1.95 bits per heavy atom. The molecule has 19 heavy (non-hydrogen) atoms. The Bertz CT molecular complexity index is 363. The predicted octanol–water partition coefficient (Wildman–Crippen LogP) is 2.13. The highest BCUT2D eigenvalue weighted by atomic mass is 32.2. The number of benzene rings is 1. The number of aliphatic hydroxyl groups is 1. The van der Waals surface area contributed by atoms with Crippen LogP contribution < -0.4 is 5.32 Å². The molecule has 1 aromatic carbocycles. The van der Waals surface area contributed by atoms with Crippen molar-refractivity contribution in [1.82, 2.24) is 10.2 Å². The molecule has 2 N–H and O–H groups in total. The van der Waals surface area contributed by atoms with Gasteiger partial charge in [-0.15, -0.1) is 11.8 Å². The van der Waals surface area contributed by atoms with Gasteiger partial charge in [-0.25, -0.2) is 0 Å². The lowest BCUT2D eigenvalue weighted by Gasteiger charge is -2.29. The average Bonchev–Trinajstić information content (AvgIpc) is 2.46. The average molecular weight is 280 g/mol. The number of piperazine rings is 1. The van der Waals surface area contributed by atoms with Crippen molar-refractivity contribution in [3.63, 3.8) is 0 Å². The van der Waals surface area contributed by atoms with Gasteiger partial charge in [0.2, 0.25) is 0 Å². The van der Waals surface area contributed by atoms with E-state index in [0.29, 0.717) is 0 Å². The van der Waals surface area contributed by atoms with Crippen LogP contribution in [0.3, 0.4) is 0 Å². The van der Waals surface area contributed by atoms with E-state index in [1.54, 1.807) is 0 Å². The smallest absolute Gasteiger partial charge is 0.0916 e. The fourth-order valence-corrected chi connectivity index (χ4v) is 3.02. The molecule has 1 aliphatic rings. The van der Waals surface area contributed by atoms with Crippen molar-refractivity contribution in [3.8, 4) is 0 Å². The van der Waals surface area contributed by atoms with E-state index in [2.05, 4.69) is 41.4 Å². The third-order valence-corrected chi connectivity index (χ3v) is 4.60. The summed E-state index contributed by atoms with van der Waals surface area (Å²) < 4.78 is 0. The first-order valence-electron chi connectivity index (χ1n) is 7.13. The molecule has 1 heterocycles. The van der Waals surface area contributed by atoms with E-state index < -0.39 is 0 Å². The zero-order valence-corrected chi connectivity index (χ0v) is 12.5. The summed E-state index contributed by atoms with van der Waals surface area (Å²) in [5, 5.41) is 13.6. The summed E-state index contributed by atoms with van der Waals surface area (Å²) in [6.07, 6.45) is 0.821. The number of rotatable bonds is 6. The van der Waals surface area contributed by atoms with E-state index in [-0.39, 0.29) is 6.10 Å². The van der Waals surface area contributed by atoms with Crippen molar-refractivity contribution in [1.29, 1.82) is 0 Å². The molecule has 1 fully saturated rings. The molecule has 2 rings (SSSR count). The lowest BCUT2D eigenvalue weighted by atomic mass is 10.1. The molecular weight excluding hydrogens is 256 g/mol. The van der Waals surface area contributed by atoms with Crippen LogP contribution in [0, 0.1) is 0 Å². The highest BCUT2D eigenvalue weighted by Crippen LogP contribution is 2.22. The van der Waals surface area contributed by atoms with Crippen molar-refractivity contribution in [2.75, 3.05) is 38.5 Å². The SMILES string of the molecule is CCCSc1ccc(C(O)CN2CCNCC2)cc1. The van der Waals surface area contributed by atoms with Crippen LogP contribution in [0.5, 0.6) is 0 Å². The van der Waals surface area contributed by atoms with Crippen molar-refractivity contribution in [2.24, 2.45) is 0 Å². The largest absolute Gasteiger partial charge is 0.387 e. The molecule has 0 saturated carbocycles. The normalized spacial score (nSPS) is 18.4. The highest BCUT2D eigenvalue weighted by molar-refractivity contribution is 7.99. The molecule has 1 aliphatic heterocycles. The maximum absolute atomic E-state index is 10.3. The van der Waals surface area contributed by atoms with Gasteiger partial charge >= 0.3 is 0 Å². The molecule has 0 bridgehead atoms. The summed E-state index contributed by atoms with van der Waals surface area (Å²) in [6.45, 7) is 7.04. The molecule has 1 unspecified atom stereocenters. The molecule has 1 atom stereocenters. The zero-order valence-electron chi connectivity index (χ0n) is 11.6. The number of β-amino-alcohol motifs (C(OH)–C–C–N with tert-alkyl or cyclic N) is 1. The van der Waals surface area contributed by atoms with E-state index in [0.717, 1.165) is 44.0 Å². The van der Waals surface area contributed by atoms with E-state index in [1.165, 1.54) is 11.3 Å². The Morgan fingerprint density at radius 3 is 2.58 bits per heavy atom. The third kappa shape index (κ3) is 4.80. The quantitative estimate of drug-likeness (QED) is 0.783. The Balaban J connectivity index is 1.85. The Morgan fingerprint density at radius 1 is 1.26 bits per heavy atom. The molecule has 3 nitrogen and oxygen atoms in total. The topological polar surface area (TPSA) is 35.5 Å². The standard InChI is InChI=1S/C15H24N2OS/c1-2-11-19-14-5-3-13(4-6-14)15(18)12-17-9-7-16-8-10-17/h3-6,15-16,18H,2,7-12H2,1H3. The van der Waals surface area contributed by atoms with Gasteiger partial charge in [0, 0.05) is 37.6 Å². The molecule has 106 valence electrons. The number of hydrogen-bond acceptors (Lipinski definition) is 4. The number of hydrogen-bond donors (Lipinski definition) is 2. The molecule has 0 aliphatic carbocycles. The van der Waals surface area contributed by atoms with Crippen LogP contribution in [0.25, 0.3) is 0 Å². The van der Waals surface area contributed by atoms with Crippen LogP contribution in [-0.4, -0.2) is 48.5 Å². The van der Waals surface area contributed by atoms with Gasteiger partial charge in [-0.2, -0.15) is 0 Å². The summed E-state index contributed by atoms with van der Waals surface area (Å²) in [5.74, 6) is 1.16. The molecule has 0 aromatic heterocycles. The summed E-state index contributed by atoms with van der Waals surface area (Å²) in [6, 6.07) is 8.36. The van der Waals surface area contributed by atoms with Gasteiger partial charge in [-0.1, -0.05) is 19.1 Å². The molecule has 0 radical (unpaired) electrons. The maximum Gasteiger partial charge on any atom is 0.0916 e. The lowest BCUT2D eigenvalue weighted by molar-refractivity contribution is 0.105. The monoisotopic (exact) mass is 280 g/mol. The predicted molar refractivity (Wildman–Crippen MR) is 81.7 cm³/mol. The summed E-state index contributed by atoms with van der Waals surface area (Å²) in [5.41, 5.74) is 1.03. The first-order chi connectivity index (χ1) is 9.29. The minimum atomic E-state index is -0.372. The molecule has 0 spiro atoms. The summed E-state index contributed by atoms with van der Waals surface area (Å²) in [4.78, 5) is 3.61. The highest BCUT2D eigenvalue weighted by Gasteiger charge is 2.15. The van der Waals surface area contributed by atoms with Crippen LogP contribution in [-0.2, 0) is 0 Å². The van der Waals surface area contributed by atoms with Crippen molar-refractivity contribution < 1.29 is 5.11 Å². The van der Waals surface area contributed by atoms with Crippen LogP contribution in [0.15, 0.2) is 29.2 Å². The molecular formula is C15H24N2OS. The van der Waals surface area contributed by atoms with E-state index in [4.69, 9.17) is 0 Å². The third-order valence-electron chi connectivity index (χ3n) is 3.38. The van der Waals surface area contributed by atoms with Crippen LogP contribution in [0.4, 0.5) is 0 Å². The second-order valence-corrected chi connectivity index (χ2v) is 6.15. The van der Waals surface area contributed by atoms with Gasteiger partial charge in [0.15, 0.2) is 0 Å². The van der Waals surface area contributed by atoms with Crippen molar-refractivity contribution in [3.05, 3.63) is 29.8 Å². The van der Waals surface area contributed by atoms with E-state index in [9.17, 15) is 5.11 Å².